The first kappa shape index (κ1) is 14.3. The first-order valence-corrected chi connectivity index (χ1v) is 6.91. The summed E-state index contributed by atoms with van der Waals surface area (Å²) in [4.78, 5) is 1.03. The van der Waals surface area contributed by atoms with Crippen molar-refractivity contribution in [1.82, 2.24) is 10.2 Å². The fourth-order valence-electron chi connectivity index (χ4n) is 1.73. The van der Waals surface area contributed by atoms with Gasteiger partial charge in [0.05, 0.1) is 11.3 Å². The van der Waals surface area contributed by atoms with E-state index in [9.17, 15) is 0 Å². The van der Waals surface area contributed by atoms with E-state index in [4.69, 9.17) is 10.9 Å². The number of hydrogen-bond acceptors (Lipinski definition) is 5. The van der Waals surface area contributed by atoms with Crippen LogP contribution in [0.3, 0.4) is 0 Å². The number of nitrogens with two attached hydrogens (primary N) is 1. The lowest BCUT2D eigenvalue weighted by Crippen LogP contribution is -2.18. The quantitative estimate of drug-likeness (QED) is 0.392. The lowest BCUT2D eigenvalue weighted by atomic mass is 10.1. The molecule has 0 bridgehead atoms. The van der Waals surface area contributed by atoms with E-state index in [0.717, 1.165) is 16.2 Å². The second kappa shape index (κ2) is 5.92. The molecule has 0 amide bonds. The summed E-state index contributed by atoms with van der Waals surface area (Å²) in [6.45, 7) is 5.76. The molecule has 0 aliphatic rings. The van der Waals surface area contributed by atoms with Gasteiger partial charge in [0.25, 0.3) is 0 Å². The summed E-state index contributed by atoms with van der Waals surface area (Å²) < 4.78 is 0. The van der Waals surface area contributed by atoms with Crippen molar-refractivity contribution in [3.8, 4) is 0 Å². The molecule has 0 aliphatic carbocycles. The van der Waals surface area contributed by atoms with Gasteiger partial charge >= 0.3 is 0 Å². The monoisotopic (exact) mass is 288 g/mol. The summed E-state index contributed by atoms with van der Waals surface area (Å²) in [5, 5.41) is 20.9. The van der Waals surface area contributed by atoms with E-state index in [2.05, 4.69) is 15.4 Å². The molecule has 3 N–H and O–H groups in total. The van der Waals surface area contributed by atoms with Gasteiger partial charge in [0.15, 0.2) is 5.84 Å². The average Bonchev–Trinajstić information content (AvgIpc) is 2.45. The molecular weight excluding hydrogens is 272 g/mol. The Morgan fingerprint density at radius 1 is 1.15 bits per heavy atom. The number of oxime groups is 1. The molecule has 2 aromatic rings. The smallest absolute Gasteiger partial charge is 0.173 e. The van der Waals surface area contributed by atoms with Crippen molar-refractivity contribution >= 4 is 17.6 Å². The topological polar surface area (TPSA) is 84.4 Å². The molecule has 1 heterocycles. The maximum atomic E-state index is 8.94. The standard InChI is InChI=1S/C14H16N4OS/c1-8-4-6-11(7-5-8)20-14-12(13(15)18-19)9(2)10(3)16-17-14/h4-7,19H,1-3H3,(H2,15,18). The maximum Gasteiger partial charge on any atom is 0.173 e. The number of rotatable bonds is 3. The lowest BCUT2D eigenvalue weighted by Gasteiger charge is -2.11. The highest BCUT2D eigenvalue weighted by Crippen LogP contribution is 2.30. The fourth-order valence-corrected chi connectivity index (χ4v) is 2.66. The summed E-state index contributed by atoms with van der Waals surface area (Å²) in [5.41, 5.74) is 9.21. The van der Waals surface area contributed by atoms with Gasteiger partial charge in [0.1, 0.15) is 5.03 Å². The van der Waals surface area contributed by atoms with Gasteiger partial charge in [-0.1, -0.05) is 34.6 Å². The Kier molecular flexibility index (Phi) is 4.24. The molecule has 0 radical (unpaired) electrons. The highest BCUT2D eigenvalue weighted by molar-refractivity contribution is 7.99. The largest absolute Gasteiger partial charge is 0.409 e. The van der Waals surface area contributed by atoms with Crippen molar-refractivity contribution in [3.05, 3.63) is 46.6 Å². The first-order chi connectivity index (χ1) is 9.52. The minimum atomic E-state index is 0.0510. The summed E-state index contributed by atoms with van der Waals surface area (Å²) >= 11 is 1.44. The van der Waals surface area contributed by atoms with Crippen LogP contribution in [0.25, 0.3) is 0 Å². The molecule has 0 fully saturated rings. The Hall–Kier alpha value is -2.08. The van der Waals surface area contributed by atoms with Gasteiger partial charge in [-0.2, -0.15) is 5.10 Å². The zero-order valence-corrected chi connectivity index (χ0v) is 12.4. The highest BCUT2D eigenvalue weighted by Gasteiger charge is 2.16. The second-order valence-corrected chi connectivity index (χ2v) is 5.55. The van der Waals surface area contributed by atoms with Crippen LogP contribution in [0.4, 0.5) is 0 Å². The fraction of sp³-hybridized carbons (Fsp3) is 0.214. The number of nitrogens with zero attached hydrogens (tertiary/aromatic N) is 3. The zero-order valence-electron chi connectivity index (χ0n) is 11.6. The number of amidine groups is 1. The molecule has 6 heteroatoms. The molecule has 0 saturated carbocycles. The Bertz CT molecular complexity index is 653. The first-order valence-electron chi connectivity index (χ1n) is 6.09. The molecule has 0 aliphatic heterocycles. The van der Waals surface area contributed by atoms with Crippen molar-refractivity contribution in [1.29, 1.82) is 0 Å². The van der Waals surface area contributed by atoms with Crippen LogP contribution in [-0.4, -0.2) is 21.2 Å². The SMILES string of the molecule is Cc1ccc(Sc2nnc(C)c(C)c2/C(N)=N/O)cc1. The van der Waals surface area contributed by atoms with Crippen molar-refractivity contribution in [2.75, 3.05) is 0 Å². The van der Waals surface area contributed by atoms with Gasteiger partial charge in [0, 0.05) is 4.90 Å². The Labute approximate surface area is 121 Å². The van der Waals surface area contributed by atoms with E-state index in [1.54, 1.807) is 0 Å². The van der Waals surface area contributed by atoms with Crippen molar-refractivity contribution < 1.29 is 5.21 Å². The summed E-state index contributed by atoms with van der Waals surface area (Å²) in [6, 6.07) is 8.07. The van der Waals surface area contributed by atoms with Gasteiger partial charge in [0.2, 0.25) is 0 Å². The van der Waals surface area contributed by atoms with Crippen LogP contribution in [-0.2, 0) is 0 Å². The summed E-state index contributed by atoms with van der Waals surface area (Å²) in [5.74, 6) is 0.0510. The third-order valence-corrected chi connectivity index (χ3v) is 4.01. The van der Waals surface area contributed by atoms with E-state index >= 15 is 0 Å². The molecule has 104 valence electrons. The predicted molar refractivity (Wildman–Crippen MR) is 79.3 cm³/mol. The highest BCUT2D eigenvalue weighted by atomic mass is 32.2. The number of benzene rings is 1. The van der Waals surface area contributed by atoms with Gasteiger partial charge in [-0.15, -0.1) is 5.10 Å². The molecule has 2 rings (SSSR count). The molecule has 0 spiro atoms. The van der Waals surface area contributed by atoms with Crippen LogP contribution in [0.2, 0.25) is 0 Å². The second-order valence-electron chi connectivity index (χ2n) is 4.49. The third-order valence-electron chi connectivity index (χ3n) is 3.02. The molecular formula is C14H16N4OS. The van der Waals surface area contributed by atoms with Crippen LogP contribution >= 0.6 is 11.8 Å². The summed E-state index contributed by atoms with van der Waals surface area (Å²) in [7, 11) is 0. The van der Waals surface area contributed by atoms with Gasteiger partial charge in [-0.05, 0) is 38.5 Å². The molecule has 0 saturated heterocycles. The number of hydrogen-bond donors (Lipinski definition) is 2. The summed E-state index contributed by atoms with van der Waals surface area (Å²) in [6.07, 6.45) is 0. The average molecular weight is 288 g/mol. The van der Waals surface area contributed by atoms with Crippen LogP contribution in [0.1, 0.15) is 22.4 Å². The van der Waals surface area contributed by atoms with E-state index in [1.807, 2.05) is 45.0 Å². The number of aromatic nitrogens is 2. The van der Waals surface area contributed by atoms with Crippen LogP contribution in [0, 0.1) is 20.8 Å². The van der Waals surface area contributed by atoms with Crippen LogP contribution < -0.4 is 5.73 Å². The minimum absolute atomic E-state index is 0.0510. The predicted octanol–water partition coefficient (Wildman–Crippen LogP) is 2.65. The minimum Gasteiger partial charge on any atom is -0.409 e. The van der Waals surface area contributed by atoms with Crippen molar-refractivity contribution in [2.45, 2.75) is 30.7 Å². The molecule has 0 atom stereocenters. The third kappa shape index (κ3) is 2.91. The number of aryl methyl sites for hydroxylation is 2. The Morgan fingerprint density at radius 2 is 1.80 bits per heavy atom. The molecule has 1 aromatic heterocycles. The Morgan fingerprint density at radius 3 is 2.40 bits per heavy atom. The molecule has 1 aromatic carbocycles. The van der Waals surface area contributed by atoms with Gasteiger partial charge in [-0.25, -0.2) is 0 Å². The maximum absolute atomic E-state index is 8.94. The van der Waals surface area contributed by atoms with Crippen LogP contribution in [0.5, 0.6) is 0 Å². The van der Waals surface area contributed by atoms with Gasteiger partial charge < -0.3 is 10.9 Å². The van der Waals surface area contributed by atoms with E-state index < -0.39 is 0 Å². The van der Waals surface area contributed by atoms with E-state index in [-0.39, 0.29) is 5.84 Å². The molecule has 0 unspecified atom stereocenters. The molecule has 20 heavy (non-hydrogen) atoms. The molecule has 5 nitrogen and oxygen atoms in total. The van der Waals surface area contributed by atoms with Crippen LogP contribution in [0.15, 0.2) is 39.3 Å². The van der Waals surface area contributed by atoms with Crippen molar-refractivity contribution in [3.63, 3.8) is 0 Å². The van der Waals surface area contributed by atoms with Crippen molar-refractivity contribution in [2.24, 2.45) is 10.9 Å². The normalized spacial score (nSPS) is 11.7. The Balaban J connectivity index is 2.46. The van der Waals surface area contributed by atoms with E-state index in [1.165, 1.54) is 17.3 Å². The zero-order chi connectivity index (χ0) is 14.7. The van der Waals surface area contributed by atoms with Gasteiger partial charge in [-0.3, -0.25) is 0 Å². The van der Waals surface area contributed by atoms with E-state index in [0.29, 0.717) is 10.6 Å². The lowest BCUT2D eigenvalue weighted by molar-refractivity contribution is 0.318.